The number of aromatic nitrogens is 1. The molecule has 160 valence electrons. The molecule has 1 spiro atoms. The van der Waals surface area contributed by atoms with Crippen LogP contribution in [0.1, 0.15) is 16.7 Å². The van der Waals surface area contributed by atoms with Gasteiger partial charge in [0.25, 0.3) is 0 Å². The van der Waals surface area contributed by atoms with Crippen molar-refractivity contribution in [2.45, 2.75) is 5.60 Å². The lowest BCUT2D eigenvalue weighted by atomic mass is 9.74. The average molecular weight is 431 g/mol. The van der Waals surface area contributed by atoms with Crippen LogP contribution in [0.5, 0.6) is 23.0 Å². The predicted molar refractivity (Wildman–Crippen MR) is 128 cm³/mol. The van der Waals surface area contributed by atoms with Crippen molar-refractivity contribution in [3.05, 3.63) is 108 Å². The zero-order valence-corrected chi connectivity index (χ0v) is 18.3. The first kappa shape index (κ1) is 18.4. The van der Waals surface area contributed by atoms with Gasteiger partial charge >= 0.3 is 0 Å². The Labute approximate surface area is 191 Å². The minimum absolute atomic E-state index is 0.742. The third-order valence-corrected chi connectivity index (χ3v) is 6.92. The van der Waals surface area contributed by atoms with Gasteiger partial charge in [0.15, 0.2) is 5.60 Å². The Hall–Kier alpha value is -4.18. The highest BCUT2D eigenvalue weighted by Gasteiger charge is 2.52. The SMILES string of the molecule is COc1ccc2c(c1)Oc1ccccc1C21Oc2ccccc2-c2c1c1ccccc1n2C. The lowest BCUT2D eigenvalue weighted by Gasteiger charge is -2.43. The summed E-state index contributed by atoms with van der Waals surface area (Å²) in [5.41, 5.74) is 5.67. The molecule has 1 unspecified atom stereocenters. The summed E-state index contributed by atoms with van der Waals surface area (Å²) in [5, 5.41) is 1.17. The molecule has 0 saturated heterocycles. The van der Waals surface area contributed by atoms with Gasteiger partial charge in [-0.2, -0.15) is 0 Å². The normalized spacial score (nSPS) is 17.4. The van der Waals surface area contributed by atoms with E-state index in [4.69, 9.17) is 14.2 Å². The molecule has 33 heavy (non-hydrogen) atoms. The molecule has 4 nitrogen and oxygen atoms in total. The van der Waals surface area contributed by atoms with Gasteiger partial charge in [0, 0.05) is 46.3 Å². The largest absolute Gasteiger partial charge is 0.497 e. The minimum Gasteiger partial charge on any atom is -0.497 e. The van der Waals surface area contributed by atoms with Gasteiger partial charge in [0.05, 0.1) is 12.8 Å². The molecule has 0 saturated carbocycles. The first-order chi connectivity index (χ1) is 16.2. The number of fused-ring (bicyclic) bond motifs is 10. The molecule has 7 rings (SSSR count). The van der Waals surface area contributed by atoms with Crippen LogP contribution in [0.25, 0.3) is 22.2 Å². The molecular formula is C29H21NO3. The van der Waals surface area contributed by atoms with Crippen molar-refractivity contribution in [2.24, 2.45) is 7.05 Å². The standard InChI is InChI=1S/C29H21NO3/c1-30-23-12-6-3-9-19(23)27-28(30)20-10-4-7-13-24(20)33-29(27)21-11-5-8-14-25(21)32-26-17-18(31-2)15-16-22(26)29/h3-17H,1-2H3. The number of nitrogens with zero attached hydrogens (tertiary/aromatic N) is 1. The van der Waals surface area contributed by atoms with Gasteiger partial charge in [-0.1, -0.05) is 48.5 Å². The van der Waals surface area contributed by atoms with Crippen molar-refractivity contribution in [2.75, 3.05) is 7.11 Å². The summed E-state index contributed by atoms with van der Waals surface area (Å²) < 4.78 is 21.3. The van der Waals surface area contributed by atoms with Crippen LogP contribution in [0.2, 0.25) is 0 Å². The molecule has 0 radical (unpaired) electrons. The molecule has 0 N–H and O–H groups in total. The topological polar surface area (TPSA) is 32.6 Å². The summed E-state index contributed by atoms with van der Waals surface area (Å²) in [4.78, 5) is 0. The maximum Gasteiger partial charge on any atom is 0.194 e. The summed E-state index contributed by atoms with van der Waals surface area (Å²) in [5.74, 6) is 3.13. The van der Waals surface area contributed by atoms with Crippen LogP contribution in [-0.4, -0.2) is 11.7 Å². The monoisotopic (exact) mass is 431 g/mol. The van der Waals surface area contributed by atoms with E-state index >= 15 is 0 Å². The second-order valence-electron chi connectivity index (χ2n) is 8.54. The molecule has 2 aliphatic heterocycles. The van der Waals surface area contributed by atoms with E-state index in [2.05, 4.69) is 66.2 Å². The van der Waals surface area contributed by atoms with Crippen molar-refractivity contribution >= 4 is 10.9 Å². The summed E-state index contributed by atoms with van der Waals surface area (Å²) >= 11 is 0. The second-order valence-corrected chi connectivity index (χ2v) is 8.54. The summed E-state index contributed by atoms with van der Waals surface area (Å²) in [6.07, 6.45) is 0. The molecule has 5 aromatic rings. The number of benzene rings is 4. The van der Waals surface area contributed by atoms with Gasteiger partial charge in [-0.3, -0.25) is 0 Å². The van der Waals surface area contributed by atoms with Gasteiger partial charge in [0.2, 0.25) is 0 Å². The maximum atomic E-state index is 7.10. The van der Waals surface area contributed by atoms with Gasteiger partial charge in [0.1, 0.15) is 23.0 Å². The lowest BCUT2D eigenvalue weighted by molar-refractivity contribution is 0.139. The van der Waals surface area contributed by atoms with Crippen molar-refractivity contribution in [3.63, 3.8) is 0 Å². The third kappa shape index (κ3) is 2.25. The van der Waals surface area contributed by atoms with Crippen LogP contribution in [0.4, 0.5) is 0 Å². The van der Waals surface area contributed by atoms with E-state index < -0.39 is 5.60 Å². The van der Waals surface area contributed by atoms with E-state index in [1.165, 1.54) is 10.9 Å². The van der Waals surface area contributed by atoms with Crippen molar-refractivity contribution < 1.29 is 14.2 Å². The van der Waals surface area contributed by atoms with Crippen LogP contribution in [0.15, 0.2) is 91.0 Å². The maximum absolute atomic E-state index is 7.10. The Morgan fingerprint density at radius 3 is 2.36 bits per heavy atom. The van der Waals surface area contributed by atoms with E-state index in [0.29, 0.717) is 0 Å². The van der Waals surface area contributed by atoms with Gasteiger partial charge in [-0.05, 0) is 36.4 Å². The summed E-state index contributed by atoms with van der Waals surface area (Å²) in [6.45, 7) is 0. The fourth-order valence-corrected chi connectivity index (χ4v) is 5.53. The average Bonchev–Trinajstić information content (AvgIpc) is 3.17. The highest BCUT2D eigenvalue weighted by Crippen LogP contribution is 2.60. The van der Waals surface area contributed by atoms with E-state index in [1.54, 1.807) is 7.11 Å². The Balaban J connectivity index is 1.70. The molecule has 0 amide bonds. The first-order valence-corrected chi connectivity index (χ1v) is 11.0. The quantitative estimate of drug-likeness (QED) is 0.298. The van der Waals surface area contributed by atoms with E-state index in [9.17, 15) is 0 Å². The number of hydrogen-bond acceptors (Lipinski definition) is 3. The summed E-state index contributed by atoms with van der Waals surface area (Å²) in [7, 11) is 3.81. The third-order valence-electron chi connectivity index (χ3n) is 6.92. The Bertz CT molecular complexity index is 1580. The lowest BCUT2D eigenvalue weighted by Crippen LogP contribution is -2.41. The van der Waals surface area contributed by atoms with Crippen molar-refractivity contribution in [3.8, 4) is 34.3 Å². The smallest absolute Gasteiger partial charge is 0.194 e. The van der Waals surface area contributed by atoms with Crippen LogP contribution in [0, 0.1) is 0 Å². The molecule has 4 heteroatoms. The molecule has 3 heterocycles. The fourth-order valence-electron chi connectivity index (χ4n) is 5.53. The van der Waals surface area contributed by atoms with Crippen molar-refractivity contribution in [1.82, 2.24) is 4.57 Å². The second kappa shape index (κ2) is 6.42. The van der Waals surface area contributed by atoms with Crippen molar-refractivity contribution in [1.29, 1.82) is 0 Å². The highest BCUT2D eigenvalue weighted by atomic mass is 16.5. The number of methoxy groups -OCH3 is 1. The molecule has 0 bridgehead atoms. The first-order valence-electron chi connectivity index (χ1n) is 11.0. The number of aryl methyl sites for hydroxylation is 1. The number of rotatable bonds is 1. The summed E-state index contributed by atoms with van der Waals surface area (Å²) in [6, 6.07) is 31.0. The Morgan fingerprint density at radius 2 is 1.48 bits per heavy atom. The number of ether oxygens (including phenoxy) is 3. The van der Waals surface area contributed by atoms with Crippen LogP contribution in [-0.2, 0) is 12.6 Å². The number of para-hydroxylation sites is 3. The van der Waals surface area contributed by atoms with E-state index in [0.717, 1.165) is 50.9 Å². The molecule has 4 aromatic carbocycles. The molecular weight excluding hydrogens is 410 g/mol. The van der Waals surface area contributed by atoms with Crippen LogP contribution < -0.4 is 14.2 Å². The molecule has 0 fully saturated rings. The molecule has 1 aromatic heterocycles. The Kier molecular flexibility index (Phi) is 3.58. The van der Waals surface area contributed by atoms with Gasteiger partial charge < -0.3 is 18.8 Å². The predicted octanol–water partition coefficient (Wildman–Crippen LogP) is 6.64. The van der Waals surface area contributed by atoms with Crippen LogP contribution in [0.3, 0.4) is 0 Å². The molecule has 2 aliphatic rings. The van der Waals surface area contributed by atoms with Gasteiger partial charge in [-0.25, -0.2) is 0 Å². The van der Waals surface area contributed by atoms with Crippen LogP contribution >= 0.6 is 0 Å². The Morgan fingerprint density at radius 1 is 0.758 bits per heavy atom. The van der Waals surface area contributed by atoms with Gasteiger partial charge in [-0.15, -0.1) is 0 Å². The molecule has 1 atom stereocenters. The zero-order valence-electron chi connectivity index (χ0n) is 18.3. The van der Waals surface area contributed by atoms with E-state index in [-0.39, 0.29) is 0 Å². The highest BCUT2D eigenvalue weighted by molar-refractivity contribution is 5.97. The minimum atomic E-state index is -0.860. The molecule has 0 aliphatic carbocycles. The zero-order chi connectivity index (χ0) is 22.2. The number of hydrogen-bond donors (Lipinski definition) is 0. The fraction of sp³-hybridized carbons (Fsp3) is 0.103. The van der Waals surface area contributed by atoms with E-state index in [1.807, 2.05) is 36.4 Å².